The van der Waals surface area contributed by atoms with Gasteiger partial charge in [-0.2, -0.15) is 11.3 Å². The van der Waals surface area contributed by atoms with Crippen LogP contribution in [0.25, 0.3) is 10.9 Å². The summed E-state index contributed by atoms with van der Waals surface area (Å²) in [6.45, 7) is 4.25. The van der Waals surface area contributed by atoms with Crippen LogP contribution >= 0.6 is 11.3 Å². The standard InChI is InChI=1S/C21H23N3O2S/c1-2-23-13-18(17-5-3-4-6-19(17)23)21(26)24-10-7-16(8-11-24)22-20(25)15-9-12-27-14-15/h3-6,9,12-14,16H,2,7-8,10-11H2,1H3,(H,22,25). The first kappa shape index (κ1) is 17.8. The molecule has 1 saturated heterocycles. The summed E-state index contributed by atoms with van der Waals surface area (Å²) in [5, 5.41) is 7.86. The molecule has 4 rings (SSSR count). The third-order valence-corrected chi connectivity index (χ3v) is 5.94. The highest BCUT2D eigenvalue weighted by atomic mass is 32.1. The van der Waals surface area contributed by atoms with Gasteiger partial charge in [0.15, 0.2) is 0 Å². The highest BCUT2D eigenvalue weighted by molar-refractivity contribution is 7.08. The van der Waals surface area contributed by atoms with Gasteiger partial charge < -0.3 is 14.8 Å². The molecule has 27 heavy (non-hydrogen) atoms. The van der Waals surface area contributed by atoms with Crippen molar-refractivity contribution in [1.29, 1.82) is 0 Å². The number of nitrogens with one attached hydrogen (secondary N) is 1. The number of likely N-dealkylation sites (tertiary alicyclic amines) is 1. The number of aromatic nitrogens is 1. The van der Waals surface area contributed by atoms with E-state index in [0.717, 1.165) is 35.9 Å². The van der Waals surface area contributed by atoms with Crippen molar-refractivity contribution in [2.75, 3.05) is 13.1 Å². The summed E-state index contributed by atoms with van der Waals surface area (Å²) in [6, 6.07) is 10.0. The van der Waals surface area contributed by atoms with Crippen molar-refractivity contribution in [3.63, 3.8) is 0 Å². The number of thiophene rings is 1. The number of nitrogens with zero attached hydrogens (tertiary/aromatic N) is 2. The number of carbonyl (C=O) groups is 2. The van der Waals surface area contributed by atoms with E-state index in [9.17, 15) is 9.59 Å². The fourth-order valence-electron chi connectivity index (χ4n) is 3.74. The molecule has 2 aromatic heterocycles. The topological polar surface area (TPSA) is 54.3 Å². The van der Waals surface area contributed by atoms with Crippen molar-refractivity contribution in [1.82, 2.24) is 14.8 Å². The van der Waals surface area contributed by atoms with Gasteiger partial charge in [0.25, 0.3) is 11.8 Å². The first-order chi connectivity index (χ1) is 13.2. The molecule has 1 aromatic carbocycles. The van der Waals surface area contributed by atoms with Crippen LogP contribution in [0, 0.1) is 0 Å². The van der Waals surface area contributed by atoms with Crippen molar-refractivity contribution in [2.45, 2.75) is 32.4 Å². The highest BCUT2D eigenvalue weighted by Gasteiger charge is 2.26. The van der Waals surface area contributed by atoms with E-state index >= 15 is 0 Å². The van der Waals surface area contributed by atoms with Crippen LogP contribution in [0.1, 0.15) is 40.5 Å². The maximum Gasteiger partial charge on any atom is 0.256 e. The molecule has 0 spiro atoms. The quantitative estimate of drug-likeness (QED) is 0.748. The van der Waals surface area contributed by atoms with E-state index in [1.807, 2.05) is 46.1 Å². The van der Waals surface area contributed by atoms with Crippen molar-refractivity contribution < 1.29 is 9.59 Å². The summed E-state index contributed by atoms with van der Waals surface area (Å²) in [5.41, 5.74) is 2.58. The third-order valence-electron chi connectivity index (χ3n) is 5.26. The van der Waals surface area contributed by atoms with Gasteiger partial charge in [0.1, 0.15) is 0 Å². The SMILES string of the molecule is CCn1cc(C(=O)N2CCC(NC(=O)c3ccsc3)CC2)c2ccccc21. The summed E-state index contributed by atoms with van der Waals surface area (Å²) in [7, 11) is 0. The first-order valence-corrected chi connectivity index (χ1v) is 10.3. The molecule has 140 valence electrons. The Morgan fingerprint density at radius 2 is 1.96 bits per heavy atom. The smallest absolute Gasteiger partial charge is 0.256 e. The van der Waals surface area contributed by atoms with E-state index < -0.39 is 0 Å². The molecule has 1 fully saturated rings. The van der Waals surface area contributed by atoms with E-state index in [1.165, 1.54) is 11.3 Å². The van der Waals surface area contributed by atoms with Gasteiger partial charge >= 0.3 is 0 Å². The zero-order valence-electron chi connectivity index (χ0n) is 15.4. The molecule has 3 heterocycles. The number of rotatable bonds is 4. The largest absolute Gasteiger partial charge is 0.349 e. The average Bonchev–Trinajstić information content (AvgIpc) is 3.36. The van der Waals surface area contributed by atoms with Crippen LogP contribution in [-0.4, -0.2) is 40.4 Å². The number of hydrogen-bond acceptors (Lipinski definition) is 3. The van der Waals surface area contributed by atoms with E-state index in [1.54, 1.807) is 0 Å². The summed E-state index contributed by atoms with van der Waals surface area (Å²) >= 11 is 1.52. The number of hydrogen-bond donors (Lipinski definition) is 1. The second-order valence-corrected chi connectivity index (χ2v) is 7.68. The van der Waals surface area contributed by atoms with Crippen molar-refractivity contribution in [3.05, 3.63) is 58.4 Å². The number of piperidine rings is 1. The number of para-hydroxylation sites is 1. The van der Waals surface area contributed by atoms with Gasteiger partial charge in [0, 0.05) is 53.7 Å². The molecular weight excluding hydrogens is 358 g/mol. The lowest BCUT2D eigenvalue weighted by molar-refractivity contribution is 0.0700. The van der Waals surface area contributed by atoms with Gasteiger partial charge in [-0.1, -0.05) is 18.2 Å². The lowest BCUT2D eigenvalue weighted by atomic mass is 10.0. The Hall–Kier alpha value is -2.60. The van der Waals surface area contributed by atoms with Crippen LogP contribution in [0.3, 0.4) is 0 Å². The zero-order chi connectivity index (χ0) is 18.8. The van der Waals surface area contributed by atoms with Gasteiger partial charge in [0.05, 0.1) is 5.56 Å². The van der Waals surface area contributed by atoms with Crippen LogP contribution in [0.2, 0.25) is 0 Å². The first-order valence-electron chi connectivity index (χ1n) is 9.37. The lowest BCUT2D eigenvalue weighted by Crippen LogP contribution is -2.46. The molecule has 0 saturated carbocycles. The summed E-state index contributed by atoms with van der Waals surface area (Å²) < 4.78 is 2.12. The maximum atomic E-state index is 13.1. The van der Waals surface area contributed by atoms with Gasteiger partial charge in [-0.05, 0) is 37.3 Å². The average molecular weight is 382 g/mol. The minimum absolute atomic E-state index is 0.0213. The lowest BCUT2D eigenvalue weighted by Gasteiger charge is -2.32. The van der Waals surface area contributed by atoms with Crippen LogP contribution in [0.5, 0.6) is 0 Å². The van der Waals surface area contributed by atoms with Gasteiger partial charge in [-0.25, -0.2) is 0 Å². The molecule has 3 aromatic rings. The Bertz CT molecular complexity index is 953. The molecule has 5 nitrogen and oxygen atoms in total. The predicted octanol–water partition coefficient (Wildman–Crippen LogP) is 3.76. The minimum Gasteiger partial charge on any atom is -0.349 e. The predicted molar refractivity (Wildman–Crippen MR) is 108 cm³/mol. The van der Waals surface area contributed by atoms with Crippen LogP contribution in [0.4, 0.5) is 0 Å². The molecule has 1 aliphatic rings. The Kier molecular flexibility index (Phi) is 4.99. The third kappa shape index (κ3) is 3.49. The molecule has 0 radical (unpaired) electrons. The van der Waals surface area contributed by atoms with Crippen molar-refractivity contribution in [2.24, 2.45) is 0 Å². The Labute approximate surface area is 162 Å². The molecule has 6 heteroatoms. The molecule has 1 N–H and O–H groups in total. The van der Waals surface area contributed by atoms with Crippen molar-refractivity contribution >= 4 is 34.1 Å². The molecular formula is C21H23N3O2S. The maximum absolute atomic E-state index is 13.1. The number of benzene rings is 1. The fourth-order valence-corrected chi connectivity index (χ4v) is 4.37. The molecule has 0 unspecified atom stereocenters. The Morgan fingerprint density at radius 1 is 1.19 bits per heavy atom. The van der Waals surface area contributed by atoms with Gasteiger partial charge in [-0.15, -0.1) is 0 Å². The van der Waals surface area contributed by atoms with Crippen molar-refractivity contribution in [3.8, 4) is 0 Å². The second-order valence-electron chi connectivity index (χ2n) is 6.90. The molecule has 0 bridgehead atoms. The van der Waals surface area contributed by atoms with Gasteiger partial charge in [0.2, 0.25) is 0 Å². The number of fused-ring (bicyclic) bond motifs is 1. The minimum atomic E-state index is -0.0213. The van der Waals surface area contributed by atoms with E-state index in [2.05, 4.69) is 22.9 Å². The molecule has 2 amide bonds. The molecule has 1 aliphatic heterocycles. The summed E-state index contributed by atoms with van der Waals surface area (Å²) in [4.78, 5) is 27.2. The summed E-state index contributed by atoms with van der Waals surface area (Å²) in [6.07, 6.45) is 3.54. The van der Waals surface area contributed by atoms with Gasteiger partial charge in [-0.3, -0.25) is 9.59 Å². The normalized spacial score (nSPS) is 15.2. The second kappa shape index (κ2) is 7.56. The monoisotopic (exact) mass is 381 g/mol. The van der Waals surface area contributed by atoms with E-state index in [-0.39, 0.29) is 17.9 Å². The van der Waals surface area contributed by atoms with Crippen LogP contribution in [-0.2, 0) is 6.54 Å². The van der Waals surface area contributed by atoms with E-state index in [0.29, 0.717) is 18.7 Å². The number of aryl methyl sites for hydroxylation is 1. The molecule has 0 atom stereocenters. The fraction of sp³-hybridized carbons (Fsp3) is 0.333. The number of carbonyl (C=O) groups excluding carboxylic acids is 2. The van der Waals surface area contributed by atoms with E-state index in [4.69, 9.17) is 0 Å². The Balaban J connectivity index is 1.43. The van der Waals surface area contributed by atoms with Crippen LogP contribution < -0.4 is 5.32 Å². The zero-order valence-corrected chi connectivity index (χ0v) is 16.2. The van der Waals surface area contributed by atoms with Crippen LogP contribution in [0.15, 0.2) is 47.3 Å². The number of amides is 2. The highest BCUT2D eigenvalue weighted by Crippen LogP contribution is 2.24. The Morgan fingerprint density at radius 3 is 2.67 bits per heavy atom. The molecule has 0 aliphatic carbocycles. The summed E-state index contributed by atoms with van der Waals surface area (Å²) in [5.74, 6) is 0.0630.